The quantitative estimate of drug-likeness (QED) is 0.278. The van der Waals surface area contributed by atoms with Crippen LogP contribution in [0.1, 0.15) is 88.9 Å². The van der Waals surface area contributed by atoms with Crippen LogP contribution in [0, 0.1) is 5.41 Å². The van der Waals surface area contributed by atoms with Crippen LogP contribution in [-0.4, -0.2) is 83.8 Å². The number of carbonyl (C=O) groups excluding carboxylic acids is 4. The van der Waals surface area contributed by atoms with E-state index in [0.717, 1.165) is 38.6 Å². The number of rotatable bonds is 6. The van der Waals surface area contributed by atoms with Crippen LogP contribution >= 0.6 is 11.3 Å². The molecule has 3 aliphatic rings. The van der Waals surface area contributed by atoms with Gasteiger partial charge in [0.05, 0.1) is 17.6 Å². The van der Waals surface area contributed by atoms with Crippen LogP contribution in [0.25, 0.3) is 6.08 Å². The van der Waals surface area contributed by atoms with Gasteiger partial charge in [-0.2, -0.15) is 0 Å². The zero-order valence-electron chi connectivity index (χ0n) is 25.0. The molecule has 1 aromatic heterocycles. The Hall–Kier alpha value is -2.92. The number of anilines is 1. The lowest BCUT2D eigenvalue weighted by Gasteiger charge is -2.44. The minimum Gasteiger partial charge on any atom is -0.463 e. The van der Waals surface area contributed by atoms with Gasteiger partial charge < -0.3 is 19.1 Å². The van der Waals surface area contributed by atoms with Crippen molar-refractivity contribution >= 4 is 46.4 Å². The van der Waals surface area contributed by atoms with Gasteiger partial charge in [0.1, 0.15) is 16.2 Å². The van der Waals surface area contributed by atoms with Crippen molar-refractivity contribution in [3.05, 3.63) is 22.6 Å². The molecule has 1 aromatic rings. The van der Waals surface area contributed by atoms with E-state index in [1.165, 1.54) is 17.4 Å². The van der Waals surface area contributed by atoms with Gasteiger partial charge in [0.25, 0.3) is 5.91 Å². The number of amides is 2. The van der Waals surface area contributed by atoms with Crippen LogP contribution in [0.4, 0.5) is 9.80 Å². The lowest BCUT2D eigenvalue weighted by Crippen LogP contribution is -2.53. The third-order valence-corrected chi connectivity index (χ3v) is 8.72. The molecule has 226 valence electrons. The number of esters is 2. The minimum atomic E-state index is -0.696. The fourth-order valence-electron chi connectivity index (χ4n) is 6.16. The van der Waals surface area contributed by atoms with E-state index in [0.29, 0.717) is 35.1 Å². The molecule has 0 aromatic carbocycles. The summed E-state index contributed by atoms with van der Waals surface area (Å²) in [5, 5.41) is 3.10. The van der Waals surface area contributed by atoms with Crippen LogP contribution in [0.15, 0.2) is 12.1 Å². The lowest BCUT2D eigenvalue weighted by atomic mass is 9.74. The van der Waals surface area contributed by atoms with E-state index in [4.69, 9.17) is 14.2 Å². The maximum atomic E-state index is 13.7. The number of ether oxygens (including phenoxy) is 3. The molecule has 41 heavy (non-hydrogen) atoms. The van der Waals surface area contributed by atoms with Gasteiger partial charge in [0.2, 0.25) is 0 Å². The second kappa shape index (κ2) is 12.1. The number of nitrogens with one attached hydrogen (secondary N) is 1. The fraction of sp³-hybridized carbons (Fsp3) is 0.667. The highest BCUT2D eigenvalue weighted by Crippen LogP contribution is 2.46. The largest absolute Gasteiger partial charge is 0.463 e. The number of hydrogen-bond acceptors (Lipinski definition) is 9. The van der Waals surface area contributed by atoms with Crippen LogP contribution in [0.3, 0.4) is 0 Å². The Kier molecular flexibility index (Phi) is 9.18. The maximum Gasteiger partial charge on any atom is 0.412 e. The molecule has 3 fully saturated rings. The van der Waals surface area contributed by atoms with Crippen molar-refractivity contribution < 1.29 is 33.4 Å². The predicted octanol–water partition coefficient (Wildman–Crippen LogP) is 5.08. The Bertz CT molecular complexity index is 1190. The van der Waals surface area contributed by atoms with Gasteiger partial charge >= 0.3 is 18.0 Å². The van der Waals surface area contributed by atoms with Crippen molar-refractivity contribution in [2.75, 3.05) is 38.1 Å². The molecule has 0 saturated carbocycles. The summed E-state index contributed by atoms with van der Waals surface area (Å²) in [6.07, 6.45) is 6.39. The highest BCUT2D eigenvalue weighted by molar-refractivity contribution is 7.17. The lowest BCUT2D eigenvalue weighted by molar-refractivity contribution is -0.154. The summed E-state index contributed by atoms with van der Waals surface area (Å²) in [6.45, 7) is 14.1. The number of nitrogens with zero attached hydrogens (tertiary/aromatic N) is 2. The van der Waals surface area contributed by atoms with Gasteiger partial charge in [-0.15, -0.1) is 11.3 Å². The molecule has 0 radical (unpaired) electrons. The molecule has 4 rings (SSSR count). The van der Waals surface area contributed by atoms with Gasteiger partial charge in [-0.3, -0.25) is 19.8 Å². The SMILES string of the molecule is CCOC(=O)C=Cc1cc(C(=O)N2CCC(N3CCCC4(C3)CC(C)(C)OC4=O)CC2)c(NC(=O)OC(C)(C)C)s1. The highest BCUT2D eigenvalue weighted by Gasteiger charge is 2.54. The van der Waals surface area contributed by atoms with Gasteiger partial charge in [-0.25, -0.2) is 9.59 Å². The monoisotopic (exact) mass is 589 g/mol. The summed E-state index contributed by atoms with van der Waals surface area (Å²) < 4.78 is 16.1. The standard InChI is InChI=1S/C30H43N3O7S/c1-7-38-23(34)10-9-21-17-22(24(41-21)31-27(37)40-28(2,3)4)25(35)32-15-11-20(12-16-32)33-14-8-13-30(19-33)18-29(5,6)39-26(30)36/h9-10,17,20H,7-8,11-16,18-19H2,1-6H3,(H,31,37). The van der Waals surface area contributed by atoms with Crippen LogP contribution in [0.2, 0.25) is 0 Å². The maximum absolute atomic E-state index is 13.7. The van der Waals surface area contributed by atoms with Gasteiger partial charge in [0.15, 0.2) is 0 Å². The number of piperidine rings is 2. The average molecular weight is 590 g/mol. The second-order valence-electron chi connectivity index (χ2n) is 12.8. The zero-order valence-corrected chi connectivity index (χ0v) is 25.9. The third-order valence-electron chi connectivity index (χ3n) is 7.71. The van der Waals surface area contributed by atoms with Crippen molar-refractivity contribution in [2.45, 2.75) is 90.9 Å². The molecule has 1 N–H and O–H groups in total. The van der Waals surface area contributed by atoms with E-state index in [-0.39, 0.29) is 24.5 Å². The Morgan fingerprint density at radius 1 is 1.20 bits per heavy atom. The van der Waals surface area contributed by atoms with E-state index < -0.39 is 28.7 Å². The number of hydrogen-bond donors (Lipinski definition) is 1. The Balaban J connectivity index is 1.44. The highest BCUT2D eigenvalue weighted by atomic mass is 32.1. The van der Waals surface area contributed by atoms with Crippen LogP contribution < -0.4 is 5.32 Å². The molecule has 1 unspecified atom stereocenters. The Morgan fingerprint density at radius 2 is 1.90 bits per heavy atom. The van der Waals surface area contributed by atoms with Crippen molar-refractivity contribution in [1.82, 2.24) is 9.80 Å². The van der Waals surface area contributed by atoms with Gasteiger partial charge in [0, 0.05) is 43.1 Å². The molecule has 1 atom stereocenters. The summed E-state index contributed by atoms with van der Waals surface area (Å²) in [7, 11) is 0. The average Bonchev–Trinajstić information content (AvgIpc) is 3.37. The fourth-order valence-corrected chi connectivity index (χ4v) is 7.10. The van der Waals surface area contributed by atoms with E-state index >= 15 is 0 Å². The predicted molar refractivity (Wildman–Crippen MR) is 157 cm³/mol. The van der Waals surface area contributed by atoms with E-state index in [1.54, 1.807) is 39.8 Å². The molecular weight excluding hydrogens is 546 g/mol. The number of likely N-dealkylation sites (tertiary alicyclic amines) is 2. The first kappa shape index (κ1) is 31.0. The Labute approximate surface area is 246 Å². The third kappa shape index (κ3) is 7.68. The van der Waals surface area contributed by atoms with E-state index in [2.05, 4.69) is 10.2 Å². The van der Waals surface area contributed by atoms with Crippen LogP contribution in [-0.2, 0) is 23.8 Å². The molecule has 10 nitrogen and oxygen atoms in total. The molecule has 2 amide bonds. The van der Waals surface area contributed by atoms with Crippen molar-refractivity contribution in [2.24, 2.45) is 5.41 Å². The summed E-state index contributed by atoms with van der Waals surface area (Å²) in [4.78, 5) is 55.7. The molecular formula is C30H43N3O7S. The summed E-state index contributed by atoms with van der Waals surface area (Å²) in [5.74, 6) is -0.737. The first-order chi connectivity index (χ1) is 19.2. The van der Waals surface area contributed by atoms with Crippen molar-refractivity contribution in [3.63, 3.8) is 0 Å². The first-order valence-corrected chi connectivity index (χ1v) is 15.3. The number of carbonyl (C=O) groups is 4. The summed E-state index contributed by atoms with van der Waals surface area (Å²) in [6, 6.07) is 1.97. The molecule has 0 bridgehead atoms. The summed E-state index contributed by atoms with van der Waals surface area (Å²) in [5.41, 5.74) is -1.19. The van der Waals surface area contributed by atoms with E-state index in [9.17, 15) is 19.2 Å². The smallest absolute Gasteiger partial charge is 0.412 e. The van der Waals surface area contributed by atoms with Crippen molar-refractivity contribution in [1.29, 1.82) is 0 Å². The molecule has 3 saturated heterocycles. The number of cyclic esters (lactones) is 1. The zero-order chi connectivity index (χ0) is 30.0. The first-order valence-electron chi connectivity index (χ1n) is 14.5. The Morgan fingerprint density at radius 3 is 2.51 bits per heavy atom. The van der Waals surface area contributed by atoms with Crippen molar-refractivity contribution in [3.8, 4) is 0 Å². The molecule has 4 heterocycles. The number of thiophene rings is 1. The molecule has 1 spiro atoms. The second-order valence-corrected chi connectivity index (χ2v) is 13.9. The van der Waals surface area contributed by atoms with E-state index in [1.807, 2.05) is 18.7 Å². The summed E-state index contributed by atoms with van der Waals surface area (Å²) >= 11 is 1.19. The molecule has 0 aliphatic carbocycles. The van der Waals surface area contributed by atoms with Gasteiger partial charge in [-0.1, -0.05) is 0 Å². The topological polar surface area (TPSA) is 114 Å². The van der Waals surface area contributed by atoms with Crippen LogP contribution in [0.5, 0.6) is 0 Å². The molecule has 3 aliphatic heterocycles. The molecule has 11 heteroatoms. The minimum absolute atomic E-state index is 0.0740. The normalized spacial score (nSPS) is 23.6. The van der Waals surface area contributed by atoms with Gasteiger partial charge in [-0.05, 0) is 85.9 Å².